The minimum Gasteiger partial charge on any atom is -0.501 e. The molecule has 0 bridgehead atoms. The molecule has 30 heavy (non-hydrogen) atoms. The zero-order chi connectivity index (χ0) is 21.6. The predicted molar refractivity (Wildman–Crippen MR) is 113 cm³/mol. The first-order valence-corrected chi connectivity index (χ1v) is 10.6. The number of hydrogen-bond acceptors (Lipinski definition) is 5. The van der Waals surface area contributed by atoms with Crippen molar-refractivity contribution in [3.63, 3.8) is 0 Å². The minimum absolute atomic E-state index is 0.0384. The number of benzene rings is 1. The Morgan fingerprint density at radius 2 is 1.97 bits per heavy atom. The molecule has 4 rings (SSSR count). The molecule has 0 spiro atoms. The van der Waals surface area contributed by atoms with E-state index in [1.54, 1.807) is 23.4 Å². The van der Waals surface area contributed by atoms with E-state index in [-0.39, 0.29) is 23.1 Å². The van der Waals surface area contributed by atoms with E-state index < -0.39 is 17.4 Å². The Hall–Kier alpha value is -2.67. The van der Waals surface area contributed by atoms with Gasteiger partial charge < -0.3 is 19.7 Å². The lowest BCUT2D eigenvalue weighted by Gasteiger charge is -2.36. The average Bonchev–Trinajstić information content (AvgIpc) is 3.19. The van der Waals surface area contributed by atoms with Gasteiger partial charge in [-0.05, 0) is 37.8 Å². The summed E-state index contributed by atoms with van der Waals surface area (Å²) >= 11 is 0. The SMILES string of the molecule is CC(O)c1cccc(C2(Cc3nc(=O)c(O)c4n3C[C@H](C)N(C)C4=O)CCCC2)c1. The van der Waals surface area contributed by atoms with Crippen LogP contribution in [0.15, 0.2) is 29.1 Å². The maximum absolute atomic E-state index is 12.8. The molecule has 1 unspecified atom stereocenters. The number of carbonyl (C=O) groups is 1. The van der Waals surface area contributed by atoms with Crippen molar-refractivity contribution in [2.45, 2.75) is 70.1 Å². The molecule has 1 saturated carbocycles. The summed E-state index contributed by atoms with van der Waals surface area (Å²) in [6.07, 6.45) is 4.01. The highest BCUT2D eigenvalue weighted by Gasteiger charge is 2.39. The van der Waals surface area contributed by atoms with Gasteiger partial charge in [-0.15, -0.1) is 0 Å². The lowest BCUT2D eigenvalue weighted by Crippen LogP contribution is -2.47. The quantitative estimate of drug-likeness (QED) is 0.806. The number of nitrogens with zero attached hydrogens (tertiary/aromatic N) is 3. The molecule has 1 amide bonds. The molecule has 1 fully saturated rings. The molecular weight excluding hydrogens is 382 g/mol. The molecule has 0 saturated heterocycles. The smallest absolute Gasteiger partial charge is 0.315 e. The summed E-state index contributed by atoms with van der Waals surface area (Å²) in [5.74, 6) is -0.381. The molecule has 2 N–H and O–H groups in total. The topological polar surface area (TPSA) is 95.7 Å². The van der Waals surface area contributed by atoms with Crippen molar-refractivity contribution in [3.05, 3.63) is 57.3 Å². The van der Waals surface area contributed by atoms with Crippen molar-refractivity contribution in [1.82, 2.24) is 14.5 Å². The van der Waals surface area contributed by atoms with Crippen molar-refractivity contribution in [2.24, 2.45) is 0 Å². The number of aromatic nitrogens is 2. The highest BCUT2D eigenvalue weighted by atomic mass is 16.3. The first-order chi connectivity index (χ1) is 14.2. The van der Waals surface area contributed by atoms with Gasteiger partial charge in [0.25, 0.3) is 5.91 Å². The Kier molecular flexibility index (Phi) is 5.18. The molecule has 2 atom stereocenters. The Bertz CT molecular complexity index is 1040. The van der Waals surface area contributed by atoms with Crippen LogP contribution in [0.1, 0.15) is 73.1 Å². The standard InChI is InChI=1S/C23H29N3O4/c1-14-13-26-18(24-21(29)20(28)19(26)22(30)25(14)3)12-23(9-4-5-10-23)17-8-6-7-16(11-17)15(2)27/h6-8,11,14-15,27-28H,4-5,9-10,12-13H2,1-3H3/t14-,15?/m0/s1. The van der Waals surface area contributed by atoms with Crippen LogP contribution in [0.25, 0.3) is 0 Å². The van der Waals surface area contributed by atoms with E-state index in [1.165, 1.54) is 0 Å². The molecule has 0 radical (unpaired) electrons. The van der Waals surface area contributed by atoms with Crippen LogP contribution < -0.4 is 5.56 Å². The van der Waals surface area contributed by atoms with Gasteiger partial charge in [-0.1, -0.05) is 37.1 Å². The van der Waals surface area contributed by atoms with Crippen LogP contribution in [0.2, 0.25) is 0 Å². The maximum Gasteiger partial charge on any atom is 0.315 e. The van der Waals surface area contributed by atoms with Crippen LogP contribution in [0.3, 0.4) is 0 Å². The summed E-state index contributed by atoms with van der Waals surface area (Å²) in [6, 6.07) is 7.94. The van der Waals surface area contributed by atoms with E-state index >= 15 is 0 Å². The number of aliphatic hydroxyl groups excluding tert-OH is 1. The number of rotatable bonds is 4. The average molecular weight is 412 g/mol. The van der Waals surface area contributed by atoms with Crippen LogP contribution in [0.4, 0.5) is 0 Å². The predicted octanol–water partition coefficient (Wildman–Crippen LogP) is 2.53. The van der Waals surface area contributed by atoms with Gasteiger partial charge in [0.1, 0.15) is 5.82 Å². The van der Waals surface area contributed by atoms with E-state index in [4.69, 9.17) is 0 Å². The third-order valence-corrected chi connectivity index (χ3v) is 6.91. The van der Waals surface area contributed by atoms with Crippen LogP contribution >= 0.6 is 0 Å². The van der Waals surface area contributed by atoms with E-state index in [1.807, 2.05) is 25.1 Å². The molecule has 7 nitrogen and oxygen atoms in total. The fraction of sp³-hybridized carbons (Fsp3) is 0.522. The van der Waals surface area contributed by atoms with Gasteiger partial charge in [-0.3, -0.25) is 9.59 Å². The summed E-state index contributed by atoms with van der Waals surface area (Å²) in [5, 5.41) is 20.4. The number of amides is 1. The van der Waals surface area contributed by atoms with Gasteiger partial charge in [0, 0.05) is 31.5 Å². The van der Waals surface area contributed by atoms with E-state index in [9.17, 15) is 19.8 Å². The van der Waals surface area contributed by atoms with Crippen molar-refractivity contribution < 1.29 is 15.0 Å². The van der Waals surface area contributed by atoms with E-state index in [0.717, 1.165) is 36.8 Å². The van der Waals surface area contributed by atoms with Crippen molar-refractivity contribution in [3.8, 4) is 5.75 Å². The third-order valence-electron chi connectivity index (χ3n) is 6.91. The molecule has 2 aliphatic rings. The Morgan fingerprint density at radius 3 is 2.63 bits per heavy atom. The summed E-state index contributed by atoms with van der Waals surface area (Å²) in [5.41, 5.74) is 1.07. The molecule has 1 aliphatic carbocycles. The van der Waals surface area contributed by atoms with Crippen molar-refractivity contribution >= 4 is 5.91 Å². The molecule has 160 valence electrons. The first-order valence-electron chi connectivity index (χ1n) is 10.6. The number of hydrogen-bond donors (Lipinski definition) is 2. The van der Waals surface area contributed by atoms with Gasteiger partial charge in [0.15, 0.2) is 5.69 Å². The summed E-state index contributed by atoms with van der Waals surface area (Å²) < 4.78 is 1.74. The molecule has 1 aliphatic heterocycles. The Morgan fingerprint density at radius 1 is 1.27 bits per heavy atom. The minimum atomic E-state index is -0.751. The number of carbonyl (C=O) groups excluding carboxylic acids is 1. The molecular formula is C23H29N3O4. The van der Waals surface area contributed by atoms with Crippen LogP contribution in [0.5, 0.6) is 5.75 Å². The summed E-state index contributed by atoms with van der Waals surface area (Å²) in [6.45, 7) is 4.18. The van der Waals surface area contributed by atoms with Gasteiger partial charge in [-0.2, -0.15) is 4.98 Å². The van der Waals surface area contributed by atoms with Gasteiger partial charge in [-0.25, -0.2) is 0 Å². The van der Waals surface area contributed by atoms with Gasteiger partial charge >= 0.3 is 5.56 Å². The van der Waals surface area contributed by atoms with Crippen LogP contribution in [-0.2, 0) is 18.4 Å². The largest absolute Gasteiger partial charge is 0.501 e. The highest BCUT2D eigenvalue weighted by Crippen LogP contribution is 2.44. The first kappa shape index (κ1) is 20.6. The summed E-state index contributed by atoms with van der Waals surface area (Å²) in [7, 11) is 1.68. The Balaban J connectivity index is 1.83. The number of likely N-dealkylation sites (N-methyl/N-ethyl adjacent to an activating group) is 1. The zero-order valence-electron chi connectivity index (χ0n) is 17.8. The number of fused-ring (bicyclic) bond motifs is 1. The zero-order valence-corrected chi connectivity index (χ0v) is 17.8. The van der Waals surface area contributed by atoms with Gasteiger partial charge in [0.2, 0.25) is 5.75 Å². The number of aliphatic hydroxyl groups is 1. The normalized spacial score (nSPS) is 21.5. The molecule has 7 heteroatoms. The second-order valence-corrected chi connectivity index (χ2v) is 8.87. The fourth-order valence-corrected chi connectivity index (χ4v) is 4.94. The molecule has 1 aromatic carbocycles. The lowest BCUT2D eigenvalue weighted by atomic mass is 9.75. The van der Waals surface area contributed by atoms with Crippen LogP contribution in [0, 0.1) is 0 Å². The fourth-order valence-electron chi connectivity index (χ4n) is 4.94. The summed E-state index contributed by atoms with van der Waals surface area (Å²) in [4.78, 5) is 31.0. The number of aromatic hydroxyl groups is 1. The van der Waals surface area contributed by atoms with E-state index in [0.29, 0.717) is 18.8 Å². The van der Waals surface area contributed by atoms with E-state index in [2.05, 4.69) is 11.1 Å². The maximum atomic E-state index is 12.8. The lowest BCUT2D eigenvalue weighted by molar-refractivity contribution is 0.0660. The molecule has 1 aromatic heterocycles. The monoisotopic (exact) mass is 411 g/mol. The Labute approximate surface area is 176 Å². The third kappa shape index (κ3) is 3.31. The van der Waals surface area contributed by atoms with Crippen molar-refractivity contribution in [2.75, 3.05) is 7.05 Å². The molecule has 2 heterocycles. The second kappa shape index (κ2) is 7.54. The highest BCUT2D eigenvalue weighted by molar-refractivity contribution is 5.95. The van der Waals surface area contributed by atoms with Crippen LogP contribution in [-0.4, -0.2) is 43.7 Å². The van der Waals surface area contributed by atoms with Crippen molar-refractivity contribution in [1.29, 1.82) is 0 Å². The second-order valence-electron chi connectivity index (χ2n) is 8.87. The molecule has 2 aromatic rings. The van der Waals surface area contributed by atoms with Gasteiger partial charge in [0.05, 0.1) is 6.10 Å².